The second-order valence-corrected chi connectivity index (χ2v) is 14.2. The van der Waals surface area contributed by atoms with Gasteiger partial charge in [0.25, 0.3) is 0 Å². The van der Waals surface area contributed by atoms with Crippen molar-refractivity contribution in [2.24, 2.45) is 0 Å². The quantitative estimate of drug-likeness (QED) is 0.314. The van der Waals surface area contributed by atoms with Gasteiger partial charge < -0.3 is 9.80 Å². The predicted octanol–water partition coefficient (Wildman–Crippen LogP) is 10.4. The maximum Gasteiger partial charge on any atom is 0.128 e. The van der Waals surface area contributed by atoms with E-state index in [2.05, 4.69) is 95.8 Å². The van der Waals surface area contributed by atoms with Crippen molar-refractivity contribution in [1.82, 2.24) is 0 Å². The van der Waals surface area contributed by atoms with E-state index in [0.717, 1.165) is 43.0 Å². The first-order valence-corrected chi connectivity index (χ1v) is 14.5. The van der Waals surface area contributed by atoms with E-state index in [0.29, 0.717) is 5.69 Å². The summed E-state index contributed by atoms with van der Waals surface area (Å²) in [4.78, 5) is 6.57. The molecule has 2 aliphatic rings. The normalized spacial score (nSPS) is 18.1. The second-order valence-electron chi connectivity index (χ2n) is 12.0. The summed E-state index contributed by atoms with van der Waals surface area (Å²) in [5.74, 6) is -1.17. The maximum absolute atomic E-state index is 14.4. The van der Waals surface area contributed by atoms with Crippen molar-refractivity contribution < 1.29 is 8.78 Å². The van der Waals surface area contributed by atoms with Crippen LogP contribution >= 0.6 is 23.5 Å². The number of para-hydroxylation sites is 1. The summed E-state index contributed by atoms with van der Waals surface area (Å²) in [6.45, 7) is 17.5. The van der Waals surface area contributed by atoms with Crippen molar-refractivity contribution in [2.45, 2.75) is 71.1 Å². The fourth-order valence-corrected chi connectivity index (χ4v) is 7.07. The van der Waals surface area contributed by atoms with Crippen LogP contribution in [0.3, 0.4) is 0 Å². The molecule has 6 heteroatoms. The zero-order valence-corrected chi connectivity index (χ0v) is 24.9. The number of benzene rings is 3. The highest BCUT2D eigenvalue weighted by molar-refractivity contribution is 8.09. The summed E-state index contributed by atoms with van der Waals surface area (Å²) in [5.41, 5.74) is 6.14. The van der Waals surface area contributed by atoms with Crippen molar-refractivity contribution in [3.05, 3.63) is 104 Å². The van der Waals surface area contributed by atoms with Crippen LogP contribution in [0.5, 0.6) is 0 Å². The first-order chi connectivity index (χ1) is 17.7. The lowest BCUT2D eigenvalue weighted by Crippen LogP contribution is -2.22. The van der Waals surface area contributed by atoms with Crippen LogP contribution in [0.2, 0.25) is 0 Å². The Morgan fingerprint density at radius 2 is 1.16 bits per heavy atom. The SMILES string of the molecule is CC1=C(C)N(c2cc(F)cc(F)c2)/C(=C2\Sc3ccccc3N2c2cc(C(C)(C)C)cc(C(C)(C)C)c2)S1. The Morgan fingerprint density at radius 1 is 0.632 bits per heavy atom. The van der Waals surface area contributed by atoms with Crippen molar-refractivity contribution in [1.29, 1.82) is 0 Å². The van der Waals surface area contributed by atoms with E-state index in [-0.39, 0.29) is 10.8 Å². The molecule has 0 N–H and O–H groups in total. The Bertz CT molecular complexity index is 1440. The van der Waals surface area contributed by atoms with E-state index < -0.39 is 11.6 Å². The van der Waals surface area contributed by atoms with Gasteiger partial charge in [-0.3, -0.25) is 0 Å². The number of allylic oxidation sites excluding steroid dienone is 2. The highest BCUT2D eigenvalue weighted by Crippen LogP contribution is 2.57. The number of halogens is 2. The zero-order chi connectivity index (χ0) is 27.6. The van der Waals surface area contributed by atoms with Gasteiger partial charge in [0.15, 0.2) is 0 Å². The number of rotatable bonds is 2. The first kappa shape index (κ1) is 26.9. The molecule has 3 aromatic rings. The van der Waals surface area contributed by atoms with Gasteiger partial charge in [-0.15, -0.1) is 0 Å². The molecule has 3 aromatic carbocycles. The minimum Gasteiger partial charge on any atom is -0.305 e. The molecular formula is C32H34F2N2S2. The number of hydrogen-bond acceptors (Lipinski definition) is 4. The highest BCUT2D eigenvalue weighted by atomic mass is 32.2. The Kier molecular flexibility index (Phi) is 6.72. The molecule has 0 radical (unpaired) electrons. The van der Waals surface area contributed by atoms with Crippen molar-refractivity contribution in [3.8, 4) is 0 Å². The standard InChI is InChI=1S/C32H34F2N2S2/c1-19-20(2)37-29(35(19)26-17-23(33)16-24(34)18-26)30-36(27-11-9-10-12-28(27)38-30)25-14-21(31(3,4)5)13-22(15-25)32(6,7)8/h9-18H,1-8H3/b30-29+. The molecule has 0 saturated carbocycles. The predicted molar refractivity (Wildman–Crippen MR) is 160 cm³/mol. The highest BCUT2D eigenvalue weighted by Gasteiger charge is 2.36. The summed E-state index contributed by atoms with van der Waals surface area (Å²) in [5, 5.41) is 1.98. The van der Waals surface area contributed by atoms with Crippen LogP contribution in [0.15, 0.2) is 86.2 Å². The molecular weight excluding hydrogens is 514 g/mol. The number of fused-ring (bicyclic) bond motifs is 1. The van der Waals surface area contributed by atoms with Crippen LogP contribution in [-0.4, -0.2) is 0 Å². The maximum atomic E-state index is 14.4. The summed E-state index contributed by atoms with van der Waals surface area (Å²) in [6.07, 6.45) is 0. The van der Waals surface area contributed by atoms with Gasteiger partial charge in [0.1, 0.15) is 21.7 Å². The topological polar surface area (TPSA) is 6.48 Å². The average Bonchev–Trinajstić information content (AvgIpc) is 3.34. The average molecular weight is 549 g/mol. The number of thioether (sulfide) groups is 2. The molecule has 2 aliphatic heterocycles. The Balaban J connectivity index is 1.77. The van der Waals surface area contributed by atoms with Gasteiger partial charge in [-0.1, -0.05) is 83.3 Å². The molecule has 0 saturated heterocycles. The van der Waals surface area contributed by atoms with Crippen molar-refractivity contribution >= 4 is 40.6 Å². The first-order valence-electron chi connectivity index (χ1n) is 12.8. The van der Waals surface area contributed by atoms with Gasteiger partial charge >= 0.3 is 0 Å². The van der Waals surface area contributed by atoms with Crippen LogP contribution in [0.25, 0.3) is 0 Å². The molecule has 0 fully saturated rings. The van der Waals surface area contributed by atoms with Gasteiger partial charge in [-0.2, -0.15) is 0 Å². The summed E-state index contributed by atoms with van der Waals surface area (Å²) < 4.78 is 28.7. The van der Waals surface area contributed by atoms with E-state index in [9.17, 15) is 8.78 Å². The molecule has 0 amide bonds. The van der Waals surface area contributed by atoms with Gasteiger partial charge in [-0.05, 0) is 72.2 Å². The smallest absolute Gasteiger partial charge is 0.128 e. The third-order valence-corrected chi connectivity index (χ3v) is 9.44. The molecule has 2 heterocycles. The number of anilines is 3. The van der Waals surface area contributed by atoms with Crippen LogP contribution in [0, 0.1) is 11.6 Å². The molecule has 0 aliphatic carbocycles. The summed E-state index contributed by atoms with van der Waals surface area (Å²) >= 11 is 3.35. The lowest BCUT2D eigenvalue weighted by molar-refractivity contribution is 0.568. The second kappa shape index (κ2) is 9.49. The molecule has 0 aromatic heterocycles. The Hall–Kier alpha value is -2.70. The van der Waals surface area contributed by atoms with Gasteiger partial charge in [0.2, 0.25) is 0 Å². The zero-order valence-electron chi connectivity index (χ0n) is 23.2. The number of hydrogen-bond donors (Lipinski definition) is 0. The number of nitrogens with zero attached hydrogens (tertiary/aromatic N) is 2. The van der Waals surface area contributed by atoms with Gasteiger partial charge in [0, 0.05) is 27.3 Å². The monoisotopic (exact) mass is 548 g/mol. The van der Waals surface area contributed by atoms with Gasteiger partial charge in [-0.25, -0.2) is 8.78 Å². The minimum absolute atomic E-state index is 0.0301. The van der Waals surface area contributed by atoms with E-state index in [1.54, 1.807) is 23.5 Å². The molecule has 38 heavy (non-hydrogen) atoms. The molecule has 0 bridgehead atoms. The lowest BCUT2D eigenvalue weighted by atomic mass is 9.80. The molecule has 198 valence electrons. The third kappa shape index (κ3) is 4.89. The van der Waals surface area contributed by atoms with Gasteiger partial charge in [0.05, 0.1) is 11.4 Å². The fraction of sp³-hybridized carbons (Fsp3) is 0.312. The molecule has 0 unspecified atom stereocenters. The van der Waals surface area contributed by atoms with Crippen molar-refractivity contribution in [2.75, 3.05) is 9.80 Å². The summed E-state index contributed by atoms with van der Waals surface area (Å²) in [6, 6.07) is 19.0. The Morgan fingerprint density at radius 3 is 1.74 bits per heavy atom. The van der Waals surface area contributed by atoms with Crippen LogP contribution in [-0.2, 0) is 10.8 Å². The fourth-order valence-electron chi connectivity index (χ4n) is 4.68. The van der Waals surface area contributed by atoms with Crippen LogP contribution < -0.4 is 9.80 Å². The Labute approximate surface area is 233 Å². The molecule has 0 atom stereocenters. The van der Waals surface area contributed by atoms with Crippen LogP contribution in [0.4, 0.5) is 25.8 Å². The lowest BCUT2D eigenvalue weighted by Gasteiger charge is -2.31. The van der Waals surface area contributed by atoms with E-state index >= 15 is 0 Å². The van der Waals surface area contributed by atoms with Crippen molar-refractivity contribution in [3.63, 3.8) is 0 Å². The largest absolute Gasteiger partial charge is 0.305 e. The van der Waals surface area contributed by atoms with E-state index in [1.165, 1.54) is 23.3 Å². The molecule has 0 spiro atoms. The van der Waals surface area contributed by atoms with E-state index in [1.807, 2.05) is 11.8 Å². The molecule has 5 rings (SSSR count). The van der Waals surface area contributed by atoms with Crippen LogP contribution in [0.1, 0.15) is 66.5 Å². The summed E-state index contributed by atoms with van der Waals surface area (Å²) in [7, 11) is 0. The molecule has 2 nitrogen and oxygen atoms in total. The minimum atomic E-state index is -0.585. The van der Waals surface area contributed by atoms with E-state index in [4.69, 9.17) is 0 Å². The third-order valence-electron chi connectivity index (χ3n) is 7.01.